The van der Waals surface area contributed by atoms with Crippen LogP contribution >= 0.6 is 0 Å². The minimum Gasteiger partial charge on any atom is -0.435 e. The van der Waals surface area contributed by atoms with Crippen molar-refractivity contribution >= 4 is 65.0 Å². The van der Waals surface area contributed by atoms with Gasteiger partial charge in [0.05, 0.1) is 0 Å². The molecule has 274 valence electrons. The number of aromatic nitrogens is 4. The van der Waals surface area contributed by atoms with Crippen molar-refractivity contribution in [2.24, 2.45) is 0 Å². The molecule has 0 amide bonds. The monoisotopic (exact) mass is 752 g/mol. The molecule has 2 aromatic heterocycles. The lowest BCUT2D eigenvalue weighted by Gasteiger charge is -2.14. The van der Waals surface area contributed by atoms with Crippen LogP contribution in [0.25, 0.3) is 122 Å². The molecule has 2 heterocycles. The number of hydrogen-bond donors (Lipinski definition) is 0. The van der Waals surface area contributed by atoms with Gasteiger partial charge in [0.25, 0.3) is 0 Å². The maximum atomic E-state index is 6.62. The Kier molecular flexibility index (Phi) is 7.47. The fourth-order valence-corrected chi connectivity index (χ4v) is 8.72. The van der Waals surface area contributed by atoms with Gasteiger partial charge < -0.3 is 4.42 Å². The van der Waals surface area contributed by atoms with Crippen molar-refractivity contribution in [1.29, 1.82) is 0 Å². The Bertz CT molecular complexity index is 3600. The van der Waals surface area contributed by atoms with Gasteiger partial charge in [0.2, 0.25) is 5.89 Å². The van der Waals surface area contributed by atoms with Gasteiger partial charge in [-0.15, -0.1) is 0 Å². The Morgan fingerprint density at radius 1 is 0.288 bits per heavy atom. The third kappa shape index (κ3) is 5.47. The van der Waals surface area contributed by atoms with Gasteiger partial charge in [-0.25, -0.2) is 19.9 Å². The van der Waals surface area contributed by atoms with Gasteiger partial charge in [-0.3, -0.25) is 0 Å². The summed E-state index contributed by atoms with van der Waals surface area (Å²) in [6.45, 7) is 0. The van der Waals surface area contributed by atoms with Crippen LogP contribution in [0.2, 0.25) is 0 Å². The molecule has 10 aromatic carbocycles. The first-order valence-electron chi connectivity index (χ1n) is 19.8. The molecule has 0 radical (unpaired) electrons. The maximum absolute atomic E-state index is 6.62. The van der Waals surface area contributed by atoms with Gasteiger partial charge in [-0.1, -0.05) is 176 Å². The summed E-state index contributed by atoms with van der Waals surface area (Å²) in [6.07, 6.45) is 0. The fourth-order valence-electron chi connectivity index (χ4n) is 8.72. The van der Waals surface area contributed by atoms with Crippen LogP contribution in [-0.2, 0) is 0 Å². The van der Waals surface area contributed by atoms with Crippen LogP contribution in [0.1, 0.15) is 0 Å². The third-order valence-corrected chi connectivity index (χ3v) is 11.5. The van der Waals surface area contributed by atoms with Crippen molar-refractivity contribution in [3.63, 3.8) is 0 Å². The van der Waals surface area contributed by atoms with Crippen LogP contribution in [0.3, 0.4) is 0 Å². The van der Waals surface area contributed by atoms with Gasteiger partial charge in [-0.05, 0) is 72.4 Å². The van der Waals surface area contributed by atoms with E-state index in [0.717, 1.165) is 82.0 Å². The van der Waals surface area contributed by atoms with E-state index in [1.54, 1.807) is 0 Å². The largest absolute Gasteiger partial charge is 0.435 e. The van der Waals surface area contributed by atoms with Crippen LogP contribution in [0.4, 0.5) is 0 Å². The molecule has 0 saturated heterocycles. The molecule has 0 N–H and O–H groups in total. The molecule has 0 aliphatic heterocycles. The summed E-state index contributed by atoms with van der Waals surface area (Å²) in [7, 11) is 0. The summed E-state index contributed by atoms with van der Waals surface area (Å²) in [5.74, 6) is 2.45. The summed E-state index contributed by atoms with van der Waals surface area (Å²) in [5.41, 5.74) is 7.67. The van der Waals surface area contributed by atoms with Crippen molar-refractivity contribution < 1.29 is 4.42 Å². The summed E-state index contributed by atoms with van der Waals surface area (Å²) < 4.78 is 6.62. The van der Waals surface area contributed by atoms with E-state index >= 15 is 0 Å². The van der Waals surface area contributed by atoms with Crippen LogP contribution < -0.4 is 0 Å². The summed E-state index contributed by atoms with van der Waals surface area (Å²) in [4.78, 5) is 20.7. The highest BCUT2D eigenvalue weighted by atomic mass is 16.3. The molecule has 0 saturated carbocycles. The molecule has 12 rings (SSSR count). The molecule has 5 nitrogen and oxygen atoms in total. The number of nitrogens with zero attached hydrogens (tertiary/aromatic N) is 4. The van der Waals surface area contributed by atoms with Gasteiger partial charge in [0.15, 0.2) is 23.1 Å². The Labute approximate surface area is 338 Å². The number of oxazole rings is 1. The number of benzene rings is 10. The molecular weight excluding hydrogens is 721 g/mol. The Morgan fingerprint density at radius 2 is 0.814 bits per heavy atom. The normalized spacial score (nSPS) is 11.7. The topological polar surface area (TPSA) is 64.7 Å². The SMILES string of the molecule is c1ccc(-c2nc3ccc4ccc5ccc6c(-c7nc(-c8ccc(-c9cccc%10ccccc9%10)cc8)nc(-c8cccc9ccccc89)n7)cccc6c5c4c3o2)cc1. The van der Waals surface area contributed by atoms with Gasteiger partial charge in [0.1, 0.15) is 5.52 Å². The van der Waals surface area contributed by atoms with Crippen molar-refractivity contribution in [1.82, 2.24) is 19.9 Å². The molecule has 0 aliphatic rings. The zero-order valence-electron chi connectivity index (χ0n) is 31.7. The van der Waals surface area contributed by atoms with Crippen LogP contribution in [0.15, 0.2) is 199 Å². The van der Waals surface area contributed by atoms with Crippen LogP contribution in [0.5, 0.6) is 0 Å². The Morgan fingerprint density at radius 3 is 1.56 bits per heavy atom. The molecule has 0 spiro atoms. The predicted molar refractivity (Wildman–Crippen MR) is 242 cm³/mol. The number of rotatable bonds is 5. The van der Waals surface area contributed by atoms with Gasteiger partial charge >= 0.3 is 0 Å². The minimum atomic E-state index is 0.606. The van der Waals surface area contributed by atoms with E-state index in [2.05, 4.69) is 158 Å². The van der Waals surface area contributed by atoms with Crippen molar-refractivity contribution in [3.8, 4) is 56.7 Å². The average Bonchev–Trinajstić information content (AvgIpc) is 3.76. The highest BCUT2D eigenvalue weighted by molar-refractivity contribution is 6.27. The summed E-state index contributed by atoms with van der Waals surface area (Å²) in [6, 6.07) is 67.6. The molecular formula is C54H32N4O. The van der Waals surface area contributed by atoms with E-state index < -0.39 is 0 Å². The summed E-state index contributed by atoms with van der Waals surface area (Å²) in [5, 5.41) is 11.1. The van der Waals surface area contributed by atoms with E-state index in [9.17, 15) is 0 Å². The highest BCUT2D eigenvalue weighted by Crippen LogP contribution is 2.41. The molecule has 0 bridgehead atoms. The first-order chi connectivity index (χ1) is 29.2. The zero-order chi connectivity index (χ0) is 38.9. The first kappa shape index (κ1) is 33.2. The van der Waals surface area contributed by atoms with Gasteiger partial charge in [0, 0.05) is 33.0 Å². The molecule has 0 aliphatic carbocycles. The second kappa shape index (κ2) is 13.3. The van der Waals surface area contributed by atoms with E-state index in [4.69, 9.17) is 24.4 Å². The van der Waals surface area contributed by atoms with Crippen LogP contribution in [0, 0.1) is 0 Å². The predicted octanol–water partition coefficient (Wildman–Crippen LogP) is 14.1. The van der Waals surface area contributed by atoms with Crippen molar-refractivity contribution in [2.45, 2.75) is 0 Å². The third-order valence-electron chi connectivity index (χ3n) is 11.5. The number of hydrogen-bond acceptors (Lipinski definition) is 5. The molecule has 0 atom stereocenters. The summed E-state index contributed by atoms with van der Waals surface area (Å²) >= 11 is 0. The lowest BCUT2D eigenvalue weighted by atomic mass is 9.93. The molecule has 12 aromatic rings. The lowest BCUT2D eigenvalue weighted by Crippen LogP contribution is -2.01. The first-order valence-corrected chi connectivity index (χ1v) is 19.8. The van der Waals surface area contributed by atoms with Crippen molar-refractivity contribution in [3.05, 3.63) is 194 Å². The lowest BCUT2D eigenvalue weighted by molar-refractivity contribution is 0.623. The van der Waals surface area contributed by atoms with E-state index in [1.165, 1.54) is 16.3 Å². The molecule has 59 heavy (non-hydrogen) atoms. The van der Waals surface area contributed by atoms with Crippen molar-refractivity contribution in [2.75, 3.05) is 0 Å². The Balaban J connectivity index is 1.07. The second-order valence-electron chi connectivity index (χ2n) is 15.0. The smallest absolute Gasteiger partial charge is 0.227 e. The van der Waals surface area contributed by atoms with E-state index in [1.807, 2.05) is 36.4 Å². The molecule has 0 unspecified atom stereocenters. The zero-order valence-corrected chi connectivity index (χ0v) is 31.7. The molecule has 5 heteroatoms. The standard InChI is InChI=1S/C54H32N4O/c1-2-13-39(14-3-1)54-55-47-32-30-37-26-25-36-29-31-43-44(48(36)49(37)50(47)59-54)20-10-22-46(43)53-57-51(56-52(58-53)45-21-9-16-34-12-5-7-18-42(34)45)38-27-23-35(24-28-38)41-19-8-15-33-11-4-6-17-40(33)41/h1-32H. The average molecular weight is 753 g/mol. The fraction of sp³-hybridized carbons (Fsp3) is 0. The maximum Gasteiger partial charge on any atom is 0.227 e. The highest BCUT2D eigenvalue weighted by Gasteiger charge is 2.19. The quantitative estimate of drug-likeness (QED) is 0.164. The minimum absolute atomic E-state index is 0.606. The van der Waals surface area contributed by atoms with Gasteiger partial charge in [-0.2, -0.15) is 0 Å². The number of fused-ring (bicyclic) bond motifs is 9. The van der Waals surface area contributed by atoms with E-state index in [0.29, 0.717) is 23.4 Å². The Hall–Kier alpha value is -8.02. The molecule has 0 fully saturated rings. The van der Waals surface area contributed by atoms with E-state index in [-0.39, 0.29) is 0 Å². The van der Waals surface area contributed by atoms with Crippen LogP contribution in [-0.4, -0.2) is 19.9 Å². The second-order valence-corrected chi connectivity index (χ2v) is 15.0.